The molecule has 0 N–H and O–H groups in total. The topological polar surface area (TPSA) is 9.23 Å². The van der Waals surface area contributed by atoms with E-state index in [0.717, 1.165) is 19.3 Å². The standard InChI is InChI=1S/C12H13ClF2O/c1-2-8-3-4-11(16-8)7-5-9(14)12(13)10(15)6-7/h5-6,8,11H,2-4H2,1H3/t8-,11-/m1/s1. The summed E-state index contributed by atoms with van der Waals surface area (Å²) in [4.78, 5) is 0. The average molecular weight is 247 g/mol. The van der Waals surface area contributed by atoms with Crippen molar-refractivity contribution in [3.8, 4) is 0 Å². The Morgan fingerprint density at radius 3 is 2.44 bits per heavy atom. The van der Waals surface area contributed by atoms with Crippen LogP contribution in [-0.4, -0.2) is 6.10 Å². The number of benzene rings is 1. The maximum atomic E-state index is 13.2. The molecule has 0 amide bonds. The van der Waals surface area contributed by atoms with Crippen LogP contribution in [0.25, 0.3) is 0 Å². The maximum absolute atomic E-state index is 13.2. The number of rotatable bonds is 2. The molecule has 1 aliphatic heterocycles. The quantitative estimate of drug-likeness (QED) is 0.709. The van der Waals surface area contributed by atoms with Crippen LogP contribution >= 0.6 is 11.6 Å². The number of halogens is 3. The summed E-state index contributed by atoms with van der Waals surface area (Å²) in [6.45, 7) is 2.04. The summed E-state index contributed by atoms with van der Waals surface area (Å²) in [6, 6.07) is 2.52. The van der Waals surface area contributed by atoms with Crippen LogP contribution in [0.2, 0.25) is 5.02 Å². The third kappa shape index (κ3) is 2.20. The van der Waals surface area contributed by atoms with Crippen molar-refractivity contribution in [2.75, 3.05) is 0 Å². The third-order valence-corrected chi connectivity index (χ3v) is 3.30. The summed E-state index contributed by atoms with van der Waals surface area (Å²) in [7, 11) is 0. The second kappa shape index (κ2) is 4.68. The fourth-order valence-corrected chi connectivity index (χ4v) is 2.12. The second-order valence-electron chi connectivity index (χ2n) is 4.03. The van der Waals surface area contributed by atoms with Crippen LogP contribution in [0.5, 0.6) is 0 Å². The molecule has 0 spiro atoms. The Balaban J connectivity index is 2.22. The van der Waals surface area contributed by atoms with Crippen LogP contribution in [0, 0.1) is 11.6 Å². The first kappa shape index (κ1) is 11.8. The summed E-state index contributed by atoms with van der Waals surface area (Å²) in [6.07, 6.45) is 2.67. The van der Waals surface area contributed by atoms with Crippen LogP contribution in [0.1, 0.15) is 37.9 Å². The first-order chi connectivity index (χ1) is 7.61. The zero-order valence-electron chi connectivity index (χ0n) is 8.97. The summed E-state index contributed by atoms with van der Waals surface area (Å²) < 4.78 is 32.2. The molecule has 1 saturated heterocycles. The largest absolute Gasteiger partial charge is 0.370 e. The van der Waals surface area contributed by atoms with Crippen LogP contribution in [0.4, 0.5) is 8.78 Å². The molecule has 0 aliphatic carbocycles. The van der Waals surface area contributed by atoms with Gasteiger partial charge in [0, 0.05) is 0 Å². The van der Waals surface area contributed by atoms with Crippen LogP contribution in [-0.2, 0) is 4.74 Å². The SMILES string of the molecule is CC[C@@H]1CC[C@H](c2cc(F)c(Cl)c(F)c2)O1. The van der Waals surface area contributed by atoms with Gasteiger partial charge in [-0.1, -0.05) is 18.5 Å². The van der Waals surface area contributed by atoms with Crippen molar-refractivity contribution in [2.24, 2.45) is 0 Å². The van der Waals surface area contributed by atoms with E-state index in [1.807, 2.05) is 6.92 Å². The highest BCUT2D eigenvalue weighted by molar-refractivity contribution is 6.30. The van der Waals surface area contributed by atoms with E-state index in [4.69, 9.17) is 16.3 Å². The molecule has 1 nitrogen and oxygen atoms in total. The van der Waals surface area contributed by atoms with Crippen molar-refractivity contribution in [1.29, 1.82) is 0 Å². The molecule has 1 aromatic rings. The molecular weight excluding hydrogens is 234 g/mol. The summed E-state index contributed by atoms with van der Waals surface area (Å²) >= 11 is 5.42. The number of ether oxygens (including phenoxy) is 1. The molecule has 1 aromatic carbocycles. The van der Waals surface area contributed by atoms with E-state index in [2.05, 4.69) is 0 Å². The highest BCUT2D eigenvalue weighted by Crippen LogP contribution is 2.35. The van der Waals surface area contributed by atoms with Gasteiger partial charge < -0.3 is 4.74 Å². The molecule has 0 saturated carbocycles. The summed E-state index contributed by atoms with van der Waals surface area (Å²) in [5.74, 6) is -1.44. The van der Waals surface area contributed by atoms with Crippen LogP contribution in [0.3, 0.4) is 0 Å². The van der Waals surface area contributed by atoms with Gasteiger partial charge in [-0.05, 0) is 37.0 Å². The zero-order valence-corrected chi connectivity index (χ0v) is 9.73. The van der Waals surface area contributed by atoms with E-state index >= 15 is 0 Å². The van der Waals surface area contributed by atoms with Crippen LogP contribution < -0.4 is 0 Å². The lowest BCUT2D eigenvalue weighted by molar-refractivity contribution is 0.0425. The predicted octanol–water partition coefficient (Wildman–Crippen LogP) is 4.25. The number of hydrogen-bond donors (Lipinski definition) is 0. The van der Waals surface area contributed by atoms with Gasteiger partial charge in [0.2, 0.25) is 0 Å². The minimum absolute atomic E-state index is 0.201. The first-order valence-electron chi connectivity index (χ1n) is 5.41. The molecule has 88 valence electrons. The van der Waals surface area contributed by atoms with E-state index in [9.17, 15) is 8.78 Å². The van der Waals surface area contributed by atoms with Gasteiger partial charge in [0.05, 0.1) is 12.2 Å². The van der Waals surface area contributed by atoms with Gasteiger partial charge >= 0.3 is 0 Å². The van der Waals surface area contributed by atoms with E-state index in [1.54, 1.807) is 0 Å². The Labute approximate surface area is 98.4 Å². The van der Waals surface area contributed by atoms with Gasteiger partial charge in [-0.25, -0.2) is 8.78 Å². The highest BCUT2D eigenvalue weighted by Gasteiger charge is 2.26. The molecule has 1 aliphatic rings. The van der Waals surface area contributed by atoms with Gasteiger partial charge in [0.1, 0.15) is 16.7 Å². The van der Waals surface area contributed by atoms with E-state index < -0.39 is 16.7 Å². The monoisotopic (exact) mass is 246 g/mol. The van der Waals surface area contributed by atoms with Crippen molar-refractivity contribution in [2.45, 2.75) is 38.4 Å². The Morgan fingerprint density at radius 2 is 1.94 bits per heavy atom. The summed E-state index contributed by atoms with van der Waals surface area (Å²) in [5.41, 5.74) is 0.537. The number of hydrogen-bond acceptors (Lipinski definition) is 1. The molecule has 0 aromatic heterocycles. The molecule has 0 bridgehead atoms. The van der Waals surface area contributed by atoms with Gasteiger partial charge in [-0.2, -0.15) is 0 Å². The Kier molecular flexibility index (Phi) is 3.45. The molecule has 16 heavy (non-hydrogen) atoms. The first-order valence-corrected chi connectivity index (χ1v) is 5.79. The molecular formula is C12H13ClF2O. The minimum Gasteiger partial charge on any atom is -0.370 e. The normalized spacial score (nSPS) is 25.0. The average Bonchev–Trinajstić information content (AvgIpc) is 2.73. The molecule has 2 atom stereocenters. The lowest BCUT2D eigenvalue weighted by Gasteiger charge is -2.13. The Hall–Kier alpha value is -0.670. The van der Waals surface area contributed by atoms with Crippen molar-refractivity contribution < 1.29 is 13.5 Å². The molecule has 1 fully saturated rings. The van der Waals surface area contributed by atoms with Crippen LogP contribution in [0.15, 0.2) is 12.1 Å². The second-order valence-corrected chi connectivity index (χ2v) is 4.41. The molecule has 1 heterocycles. The zero-order chi connectivity index (χ0) is 11.7. The molecule has 0 radical (unpaired) electrons. The fourth-order valence-electron chi connectivity index (χ4n) is 2.01. The predicted molar refractivity (Wildman–Crippen MR) is 58.5 cm³/mol. The maximum Gasteiger partial charge on any atom is 0.145 e. The van der Waals surface area contributed by atoms with Crippen molar-refractivity contribution in [1.82, 2.24) is 0 Å². The molecule has 4 heteroatoms. The van der Waals surface area contributed by atoms with E-state index in [0.29, 0.717) is 5.56 Å². The lowest BCUT2D eigenvalue weighted by atomic mass is 10.1. The Morgan fingerprint density at radius 1 is 1.31 bits per heavy atom. The van der Waals surface area contributed by atoms with Crippen molar-refractivity contribution in [3.63, 3.8) is 0 Å². The molecule has 2 rings (SSSR count). The Bertz CT molecular complexity index is 372. The van der Waals surface area contributed by atoms with Gasteiger partial charge in [-0.3, -0.25) is 0 Å². The van der Waals surface area contributed by atoms with Gasteiger partial charge in [-0.15, -0.1) is 0 Å². The van der Waals surface area contributed by atoms with Gasteiger partial charge in [0.15, 0.2) is 0 Å². The fraction of sp³-hybridized carbons (Fsp3) is 0.500. The van der Waals surface area contributed by atoms with E-state index in [-0.39, 0.29) is 12.2 Å². The third-order valence-electron chi connectivity index (χ3n) is 2.94. The van der Waals surface area contributed by atoms with Crippen molar-refractivity contribution in [3.05, 3.63) is 34.4 Å². The molecule has 0 unspecified atom stereocenters. The highest BCUT2D eigenvalue weighted by atomic mass is 35.5. The van der Waals surface area contributed by atoms with Crippen molar-refractivity contribution >= 4 is 11.6 Å². The minimum atomic E-state index is -0.722. The van der Waals surface area contributed by atoms with E-state index in [1.165, 1.54) is 12.1 Å². The smallest absolute Gasteiger partial charge is 0.145 e. The lowest BCUT2D eigenvalue weighted by Crippen LogP contribution is -2.05. The summed E-state index contributed by atoms with van der Waals surface area (Å²) in [5, 5.41) is -0.450. The van der Waals surface area contributed by atoms with Gasteiger partial charge in [0.25, 0.3) is 0 Å².